The van der Waals surface area contributed by atoms with E-state index in [1.54, 1.807) is 6.07 Å². The summed E-state index contributed by atoms with van der Waals surface area (Å²) in [5.74, 6) is 1.34. The predicted octanol–water partition coefficient (Wildman–Crippen LogP) is 5.49. The third-order valence-corrected chi connectivity index (χ3v) is 4.19. The van der Waals surface area contributed by atoms with Gasteiger partial charge in [0.2, 0.25) is 5.95 Å². The van der Waals surface area contributed by atoms with E-state index in [1.165, 1.54) is 0 Å². The number of rotatable bonds is 6. The summed E-state index contributed by atoms with van der Waals surface area (Å²) in [7, 11) is 0. The molecule has 0 saturated heterocycles. The van der Waals surface area contributed by atoms with Crippen LogP contribution in [0.4, 0.5) is 17.5 Å². The maximum atomic E-state index is 6.20. The Hall–Kier alpha value is -2.30. The Morgan fingerprint density at radius 1 is 0.960 bits per heavy atom. The summed E-state index contributed by atoms with van der Waals surface area (Å²) < 4.78 is 0. The van der Waals surface area contributed by atoms with Crippen molar-refractivity contribution in [2.75, 3.05) is 17.2 Å². The molecule has 128 valence electrons. The molecule has 4 nitrogen and oxygen atoms in total. The lowest BCUT2D eigenvalue weighted by atomic mass is 10.1. The summed E-state index contributed by atoms with van der Waals surface area (Å²) in [5.41, 5.74) is 2.89. The molecule has 3 aromatic rings. The number of aromatic nitrogens is 2. The van der Waals surface area contributed by atoms with Crippen LogP contribution in [0.2, 0.25) is 10.0 Å². The van der Waals surface area contributed by atoms with Gasteiger partial charge in [0, 0.05) is 34.0 Å². The van der Waals surface area contributed by atoms with Gasteiger partial charge >= 0.3 is 0 Å². The highest BCUT2D eigenvalue weighted by atomic mass is 35.5. The second kappa shape index (κ2) is 8.19. The van der Waals surface area contributed by atoms with E-state index in [2.05, 4.69) is 20.6 Å². The van der Waals surface area contributed by atoms with E-state index < -0.39 is 0 Å². The Morgan fingerprint density at radius 2 is 1.76 bits per heavy atom. The molecule has 6 heteroatoms. The fourth-order valence-corrected chi connectivity index (χ4v) is 2.92. The largest absolute Gasteiger partial charge is 0.370 e. The normalized spacial score (nSPS) is 10.5. The van der Waals surface area contributed by atoms with Crippen LogP contribution in [-0.2, 0) is 6.42 Å². The minimum absolute atomic E-state index is 0.568. The number of aryl methyl sites for hydroxylation is 1. The molecule has 0 aliphatic carbocycles. The number of hydrogen-bond acceptors (Lipinski definition) is 4. The van der Waals surface area contributed by atoms with Crippen molar-refractivity contribution in [3.05, 3.63) is 75.9 Å². The maximum Gasteiger partial charge on any atom is 0.229 e. The zero-order chi connectivity index (χ0) is 17.6. The van der Waals surface area contributed by atoms with E-state index in [-0.39, 0.29) is 0 Å². The Bertz CT molecular complexity index is 853. The smallest absolute Gasteiger partial charge is 0.229 e. The summed E-state index contributed by atoms with van der Waals surface area (Å²) in [6.07, 6.45) is 0.778. The van der Waals surface area contributed by atoms with Gasteiger partial charge in [-0.2, -0.15) is 4.98 Å². The van der Waals surface area contributed by atoms with Crippen LogP contribution in [0.3, 0.4) is 0 Å². The Kier molecular flexibility index (Phi) is 5.74. The molecule has 1 aromatic heterocycles. The van der Waals surface area contributed by atoms with Crippen molar-refractivity contribution in [1.29, 1.82) is 0 Å². The highest BCUT2D eigenvalue weighted by Crippen LogP contribution is 2.21. The third-order valence-electron chi connectivity index (χ3n) is 3.60. The van der Waals surface area contributed by atoms with Crippen molar-refractivity contribution in [1.82, 2.24) is 9.97 Å². The van der Waals surface area contributed by atoms with Crippen molar-refractivity contribution in [2.45, 2.75) is 13.3 Å². The molecule has 0 aliphatic rings. The third kappa shape index (κ3) is 5.08. The van der Waals surface area contributed by atoms with Crippen LogP contribution in [0.5, 0.6) is 0 Å². The van der Waals surface area contributed by atoms with E-state index in [1.807, 2.05) is 55.5 Å². The molecule has 2 N–H and O–H groups in total. The van der Waals surface area contributed by atoms with Gasteiger partial charge in [-0.1, -0.05) is 47.5 Å². The first-order valence-corrected chi connectivity index (χ1v) is 8.71. The van der Waals surface area contributed by atoms with Crippen LogP contribution in [0.1, 0.15) is 11.3 Å². The fraction of sp³-hybridized carbons (Fsp3) is 0.158. The van der Waals surface area contributed by atoms with E-state index in [9.17, 15) is 0 Å². The maximum absolute atomic E-state index is 6.20. The lowest BCUT2D eigenvalue weighted by molar-refractivity contribution is 0.995. The van der Waals surface area contributed by atoms with Crippen LogP contribution in [0, 0.1) is 6.92 Å². The van der Waals surface area contributed by atoms with Crippen LogP contribution in [0.25, 0.3) is 0 Å². The molecule has 0 fully saturated rings. The van der Waals surface area contributed by atoms with Gasteiger partial charge in [0.15, 0.2) is 0 Å². The summed E-state index contributed by atoms with van der Waals surface area (Å²) in [4.78, 5) is 8.93. The summed E-state index contributed by atoms with van der Waals surface area (Å²) in [6, 6.07) is 17.3. The van der Waals surface area contributed by atoms with E-state index in [0.29, 0.717) is 22.5 Å². The fourth-order valence-electron chi connectivity index (χ4n) is 2.42. The molecule has 0 aliphatic heterocycles. The average molecular weight is 373 g/mol. The number of halogens is 2. The van der Waals surface area contributed by atoms with Crippen molar-refractivity contribution < 1.29 is 0 Å². The standard InChI is InChI=1S/C19H18Cl2N4/c1-13-11-18(22-10-9-14-7-8-15(20)12-17(14)21)25-19(23-13)24-16-5-3-2-4-6-16/h2-8,11-12H,9-10H2,1H3,(H2,22,23,24,25). The van der Waals surface area contributed by atoms with E-state index in [0.717, 1.165) is 29.2 Å². The number of nitrogens with one attached hydrogen (secondary N) is 2. The molecule has 0 spiro atoms. The zero-order valence-electron chi connectivity index (χ0n) is 13.8. The predicted molar refractivity (Wildman–Crippen MR) is 105 cm³/mol. The highest BCUT2D eigenvalue weighted by Gasteiger charge is 2.04. The highest BCUT2D eigenvalue weighted by molar-refractivity contribution is 6.35. The monoisotopic (exact) mass is 372 g/mol. The molecule has 0 bridgehead atoms. The first-order valence-electron chi connectivity index (χ1n) is 7.96. The molecule has 0 atom stereocenters. The van der Waals surface area contributed by atoms with Gasteiger partial charge in [-0.25, -0.2) is 4.98 Å². The lowest BCUT2D eigenvalue weighted by Crippen LogP contribution is -2.09. The minimum Gasteiger partial charge on any atom is -0.370 e. The molecule has 2 aromatic carbocycles. The van der Waals surface area contributed by atoms with Crippen molar-refractivity contribution in [3.8, 4) is 0 Å². The zero-order valence-corrected chi connectivity index (χ0v) is 15.3. The summed E-state index contributed by atoms with van der Waals surface area (Å²) >= 11 is 12.1. The molecule has 0 saturated carbocycles. The van der Waals surface area contributed by atoms with E-state index >= 15 is 0 Å². The SMILES string of the molecule is Cc1cc(NCCc2ccc(Cl)cc2Cl)nc(Nc2ccccc2)n1. The van der Waals surface area contributed by atoms with Gasteiger partial charge in [-0.05, 0) is 43.2 Å². The average Bonchev–Trinajstić information content (AvgIpc) is 2.57. The summed E-state index contributed by atoms with van der Waals surface area (Å²) in [5, 5.41) is 7.85. The minimum atomic E-state index is 0.568. The topological polar surface area (TPSA) is 49.8 Å². The quantitative estimate of drug-likeness (QED) is 0.600. The number of anilines is 3. The van der Waals surface area contributed by atoms with Gasteiger partial charge in [0.05, 0.1) is 0 Å². The van der Waals surface area contributed by atoms with Crippen LogP contribution >= 0.6 is 23.2 Å². The van der Waals surface area contributed by atoms with E-state index in [4.69, 9.17) is 23.2 Å². The lowest BCUT2D eigenvalue weighted by Gasteiger charge is -2.10. The van der Waals surface area contributed by atoms with Crippen molar-refractivity contribution in [3.63, 3.8) is 0 Å². The number of benzene rings is 2. The van der Waals surface area contributed by atoms with Gasteiger partial charge in [0.25, 0.3) is 0 Å². The van der Waals surface area contributed by atoms with Gasteiger partial charge in [-0.3, -0.25) is 0 Å². The first-order chi connectivity index (χ1) is 12.1. The Morgan fingerprint density at radius 3 is 2.52 bits per heavy atom. The Labute approximate surface area is 157 Å². The van der Waals surface area contributed by atoms with Crippen LogP contribution in [-0.4, -0.2) is 16.5 Å². The first kappa shape index (κ1) is 17.5. The molecular weight excluding hydrogens is 355 g/mol. The Balaban J connectivity index is 1.64. The van der Waals surface area contributed by atoms with Gasteiger partial charge in [0.1, 0.15) is 5.82 Å². The second-order valence-corrected chi connectivity index (χ2v) is 6.47. The second-order valence-electron chi connectivity index (χ2n) is 5.62. The summed E-state index contributed by atoms with van der Waals surface area (Å²) in [6.45, 7) is 2.65. The van der Waals surface area contributed by atoms with Crippen LogP contribution in [0.15, 0.2) is 54.6 Å². The molecular formula is C19H18Cl2N4. The molecule has 1 heterocycles. The molecule has 25 heavy (non-hydrogen) atoms. The van der Waals surface area contributed by atoms with Gasteiger partial charge in [-0.15, -0.1) is 0 Å². The van der Waals surface area contributed by atoms with Crippen molar-refractivity contribution >= 4 is 40.7 Å². The van der Waals surface area contributed by atoms with Crippen molar-refractivity contribution in [2.24, 2.45) is 0 Å². The number of hydrogen-bond donors (Lipinski definition) is 2. The number of para-hydroxylation sites is 1. The molecule has 0 amide bonds. The number of nitrogens with zero attached hydrogens (tertiary/aromatic N) is 2. The molecule has 0 radical (unpaired) electrons. The van der Waals surface area contributed by atoms with Gasteiger partial charge < -0.3 is 10.6 Å². The molecule has 0 unspecified atom stereocenters. The van der Waals surface area contributed by atoms with Crippen LogP contribution < -0.4 is 10.6 Å². The molecule has 3 rings (SSSR count).